The van der Waals surface area contributed by atoms with Crippen LogP contribution in [0.5, 0.6) is 0 Å². The topological polar surface area (TPSA) is 46.5 Å². The molecule has 2 aromatic rings. The Bertz CT molecular complexity index is 753. The summed E-state index contributed by atoms with van der Waals surface area (Å²) in [6.45, 7) is 7.46. The predicted molar refractivity (Wildman–Crippen MR) is 110 cm³/mol. The number of hydrogen-bond acceptors (Lipinski definition) is 3. The Morgan fingerprint density at radius 3 is 2.89 bits per heavy atom. The highest BCUT2D eigenvalue weighted by Crippen LogP contribution is 2.28. The lowest BCUT2D eigenvalue weighted by atomic mass is 9.98. The van der Waals surface area contributed by atoms with Crippen LogP contribution in [0, 0.1) is 0 Å². The van der Waals surface area contributed by atoms with E-state index < -0.39 is 0 Å². The number of benzene rings is 1. The zero-order valence-electron chi connectivity index (χ0n) is 16.9. The fraction of sp³-hybridized carbons (Fsp3) is 0.591. The van der Waals surface area contributed by atoms with Crippen LogP contribution in [-0.2, 0) is 16.1 Å². The van der Waals surface area contributed by atoms with E-state index in [1.807, 2.05) is 0 Å². The van der Waals surface area contributed by atoms with E-state index in [0.29, 0.717) is 12.1 Å². The smallest absolute Gasteiger partial charge is 0.245 e. The highest BCUT2D eigenvalue weighted by molar-refractivity contribution is 5.84. The SMILES string of the molecule is COCC(=O)NCCC1CCCCN1Cc1cn(C(C)C)c2ccccc12. The molecule has 2 heterocycles. The van der Waals surface area contributed by atoms with E-state index in [1.165, 1.54) is 35.7 Å². The van der Waals surface area contributed by atoms with Crippen LogP contribution in [0.4, 0.5) is 0 Å². The van der Waals surface area contributed by atoms with Gasteiger partial charge in [0.15, 0.2) is 0 Å². The van der Waals surface area contributed by atoms with Crippen LogP contribution < -0.4 is 5.32 Å². The molecule has 5 nitrogen and oxygen atoms in total. The normalized spacial score (nSPS) is 18.3. The number of carbonyl (C=O) groups is 1. The Balaban J connectivity index is 1.69. The Hall–Kier alpha value is -1.85. The Kier molecular flexibility index (Phi) is 6.91. The van der Waals surface area contributed by atoms with Crippen LogP contribution in [0.1, 0.15) is 51.1 Å². The van der Waals surface area contributed by atoms with Gasteiger partial charge < -0.3 is 14.6 Å². The van der Waals surface area contributed by atoms with Gasteiger partial charge in [-0.05, 0) is 51.3 Å². The summed E-state index contributed by atoms with van der Waals surface area (Å²) in [5.74, 6) is -0.0279. The summed E-state index contributed by atoms with van der Waals surface area (Å²) < 4.78 is 7.27. The van der Waals surface area contributed by atoms with Gasteiger partial charge in [0.05, 0.1) is 0 Å². The molecule has 1 unspecified atom stereocenters. The van der Waals surface area contributed by atoms with Crippen LogP contribution in [0.25, 0.3) is 10.9 Å². The fourth-order valence-corrected chi connectivity index (χ4v) is 4.20. The summed E-state index contributed by atoms with van der Waals surface area (Å²) in [7, 11) is 1.55. The number of likely N-dealkylation sites (tertiary alicyclic amines) is 1. The average Bonchev–Trinajstić information content (AvgIpc) is 3.02. The van der Waals surface area contributed by atoms with E-state index in [2.05, 4.69) is 59.1 Å². The molecule has 1 aliphatic heterocycles. The van der Waals surface area contributed by atoms with Gasteiger partial charge in [0.2, 0.25) is 5.91 Å². The lowest BCUT2D eigenvalue weighted by Crippen LogP contribution is -2.41. The number of piperidine rings is 1. The third kappa shape index (κ3) is 4.90. The summed E-state index contributed by atoms with van der Waals surface area (Å²) in [6, 6.07) is 9.71. The molecule has 1 N–H and O–H groups in total. The monoisotopic (exact) mass is 371 g/mol. The zero-order chi connectivity index (χ0) is 19.2. The molecule has 3 rings (SSSR count). The second kappa shape index (κ2) is 9.38. The fourth-order valence-electron chi connectivity index (χ4n) is 4.20. The first-order valence-corrected chi connectivity index (χ1v) is 10.2. The second-order valence-electron chi connectivity index (χ2n) is 7.86. The number of para-hydroxylation sites is 1. The molecule has 1 aliphatic rings. The van der Waals surface area contributed by atoms with Gasteiger partial charge in [0.25, 0.3) is 0 Å². The summed E-state index contributed by atoms with van der Waals surface area (Å²) in [6.07, 6.45) is 7.08. The van der Waals surface area contributed by atoms with Crippen LogP contribution in [-0.4, -0.2) is 48.2 Å². The van der Waals surface area contributed by atoms with Crippen LogP contribution in [0.2, 0.25) is 0 Å². The van der Waals surface area contributed by atoms with Crippen molar-refractivity contribution in [3.8, 4) is 0 Å². The van der Waals surface area contributed by atoms with E-state index in [9.17, 15) is 4.79 Å². The van der Waals surface area contributed by atoms with E-state index in [0.717, 1.165) is 26.1 Å². The molecule has 0 aliphatic carbocycles. The molecule has 1 amide bonds. The molecule has 1 atom stereocenters. The minimum absolute atomic E-state index is 0.0279. The van der Waals surface area contributed by atoms with Gasteiger partial charge >= 0.3 is 0 Å². The summed E-state index contributed by atoms with van der Waals surface area (Å²) >= 11 is 0. The zero-order valence-corrected chi connectivity index (χ0v) is 16.9. The number of nitrogens with one attached hydrogen (secondary N) is 1. The van der Waals surface area contributed by atoms with Gasteiger partial charge in [-0.15, -0.1) is 0 Å². The van der Waals surface area contributed by atoms with Crippen molar-refractivity contribution in [2.75, 3.05) is 26.8 Å². The number of carbonyl (C=O) groups excluding carboxylic acids is 1. The number of fused-ring (bicyclic) bond motifs is 1. The van der Waals surface area contributed by atoms with Crippen molar-refractivity contribution < 1.29 is 9.53 Å². The third-order valence-corrected chi connectivity index (χ3v) is 5.58. The first-order chi connectivity index (χ1) is 13.1. The molecule has 1 fully saturated rings. The van der Waals surface area contributed by atoms with Gasteiger partial charge in [-0.25, -0.2) is 0 Å². The van der Waals surface area contributed by atoms with Crippen molar-refractivity contribution in [3.63, 3.8) is 0 Å². The van der Waals surface area contributed by atoms with E-state index in [-0.39, 0.29) is 12.5 Å². The van der Waals surface area contributed by atoms with E-state index in [1.54, 1.807) is 7.11 Å². The number of methoxy groups -OCH3 is 1. The summed E-state index contributed by atoms with van der Waals surface area (Å²) in [5, 5.41) is 4.33. The molecule has 1 aromatic carbocycles. The van der Waals surface area contributed by atoms with Crippen molar-refractivity contribution in [2.45, 2.75) is 58.2 Å². The molecule has 5 heteroatoms. The number of nitrogens with zero attached hydrogens (tertiary/aromatic N) is 2. The number of hydrogen-bond donors (Lipinski definition) is 1. The van der Waals surface area contributed by atoms with Gasteiger partial charge in [-0.3, -0.25) is 9.69 Å². The second-order valence-corrected chi connectivity index (χ2v) is 7.86. The molecular formula is C22H33N3O2. The number of aromatic nitrogens is 1. The Morgan fingerprint density at radius 1 is 1.30 bits per heavy atom. The quantitative estimate of drug-likeness (QED) is 0.769. The first kappa shape index (κ1) is 19.9. The predicted octanol–water partition coefficient (Wildman–Crippen LogP) is 3.73. The minimum atomic E-state index is -0.0279. The number of rotatable bonds is 8. The van der Waals surface area contributed by atoms with Crippen molar-refractivity contribution in [1.82, 2.24) is 14.8 Å². The molecule has 0 bridgehead atoms. The molecule has 1 saturated heterocycles. The number of ether oxygens (including phenoxy) is 1. The van der Waals surface area contributed by atoms with Gasteiger partial charge in [0.1, 0.15) is 6.61 Å². The first-order valence-electron chi connectivity index (χ1n) is 10.2. The van der Waals surface area contributed by atoms with Crippen molar-refractivity contribution >= 4 is 16.8 Å². The van der Waals surface area contributed by atoms with Crippen molar-refractivity contribution in [3.05, 3.63) is 36.0 Å². The largest absolute Gasteiger partial charge is 0.375 e. The minimum Gasteiger partial charge on any atom is -0.375 e. The molecule has 0 spiro atoms. The highest BCUT2D eigenvalue weighted by Gasteiger charge is 2.23. The highest BCUT2D eigenvalue weighted by atomic mass is 16.5. The molecular weight excluding hydrogens is 338 g/mol. The van der Waals surface area contributed by atoms with Gasteiger partial charge in [-0.2, -0.15) is 0 Å². The Morgan fingerprint density at radius 2 is 2.11 bits per heavy atom. The van der Waals surface area contributed by atoms with Gasteiger partial charge in [-0.1, -0.05) is 24.6 Å². The lowest BCUT2D eigenvalue weighted by Gasteiger charge is -2.35. The molecule has 27 heavy (non-hydrogen) atoms. The molecule has 1 aromatic heterocycles. The lowest BCUT2D eigenvalue weighted by molar-refractivity contribution is -0.124. The standard InChI is InChI=1S/C22H33N3O2/c1-17(2)25-15-18(20-9-4-5-10-21(20)25)14-24-13-7-6-8-19(24)11-12-23-22(26)16-27-3/h4-5,9-10,15,17,19H,6-8,11-14,16H2,1-3H3,(H,23,26). The van der Waals surface area contributed by atoms with Gasteiger partial charge in [0, 0.05) is 49.4 Å². The molecule has 0 saturated carbocycles. The maximum atomic E-state index is 11.6. The maximum Gasteiger partial charge on any atom is 0.245 e. The van der Waals surface area contributed by atoms with E-state index >= 15 is 0 Å². The summed E-state index contributed by atoms with van der Waals surface area (Å²) in [5.41, 5.74) is 2.73. The van der Waals surface area contributed by atoms with Crippen molar-refractivity contribution in [2.24, 2.45) is 0 Å². The van der Waals surface area contributed by atoms with Crippen molar-refractivity contribution in [1.29, 1.82) is 0 Å². The molecule has 148 valence electrons. The van der Waals surface area contributed by atoms with Crippen LogP contribution in [0.3, 0.4) is 0 Å². The third-order valence-electron chi connectivity index (χ3n) is 5.58. The van der Waals surface area contributed by atoms with E-state index in [4.69, 9.17) is 4.74 Å². The Labute approximate surface area is 162 Å². The maximum absolute atomic E-state index is 11.6. The molecule has 0 radical (unpaired) electrons. The van der Waals surface area contributed by atoms with Crippen LogP contribution in [0.15, 0.2) is 30.5 Å². The summed E-state index contributed by atoms with van der Waals surface area (Å²) in [4.78, 5) is 14.2. The number of amides is 1. The van der Waals surface area contributed by atoms with Crippen LogP contribution >= 0.6 is 0 Å². The average molecular weight is 372 g/mol.